The fraction of sp³-hybridized carbons (Fsp3) is 0.111. The van der Waals surface area contributed by atoms with Gasteiger partial charge in [-0.05, 0) is 25.5 Å². The number of benzene rings is 2. The topological polar surface area (TPSA) is 80.6 Å². The number of pyridine rings is 2. The van der Waals surface area contributed by atoms with E-state index in [4.69, 9.17) is 9.97 Å². The minimum Gasteiger partial charge on any atom is -0.344 e. The quantitative estimate of drug-likeness (QED) is 0.429. The Bertz CT molecular complexity index is 1570. The highest BCUT2D eigenvalue weighted by Gasteiger charge is 2.18. The maximum absolute atomic E-state index is 13.4. The van der Waals surface area contributed by atoms with Gasteiger partial charge in [-0.3, -0.25) is 9.59 Å². The van der Waals surface area contributed by atoms with Gasteiger partial charge in [0.15, 0.2) is 11.2 Å². The number of H-pyrrole nitrogens is 1. The first-order valence-corrected chi connectivity index (χ1v) is 10.8. The zero-order valence-corrected chi connectivity index (χ0v) is 18.3. The maximum Gasteiger partial charge on any atom is 0.250 e. The molecule has 0 spiro atoms. The molecule has 5 rings (SSSR count). The molecule has 0 amide bonds. The number of aromatic nitrogens is 4. The average molecular weight is 434 g/mol. The van der Waals surface area contributed by atoms with Crippen LogP contribution in [0.15, 0.2) is 94.8 Å². The van der Waals surface area contributed by atoms with Gasteiger partial charge in [0.25, 0.3) is 5.56 Å². The highest BCUT2D eigenvalue weighted by Crippen LogP contribution is 2.30. The van der Waals surface area contributed by atoms with Gasteiger partial charge in [0, 0.05) is 41.2 Å². The van der Waals surface area contributed by atoms with Gasteiger partial charge < -0.3 is 9.55 Å². The molecule has 0 unspecified atom stereocenters. The second kappa shape index (κ2) is 8.31. The molecule has 0 saturated carbocycles. The summed E-state index contributed by atoms with van der Waals surface area (Å²) >= 11 is 0. The Morgan fingerprint density at radius 2 is 1.39 bits per heavy atom. The van der Waals surface area contributed by atoms with Crippen LogP contribution in [0.25, 0.3) is 44.8 Å². The summed E-state index contributed by atoms with van der Waals surface area (Å²) in [5, 5.41) is 0. The fourth-order valence-electron chi connectivity index (χ4n) is 3.91. The molecule has 33 heavy (non-hydrogen) atoms. The van der Waals surface area contributed by atoms with Crippen molar-refractivity contribution in [2.24, 2.45) is 0 Å². The smallest absolute Gasteiger partial charge is 0.250 e. The number of rotatable bonds is 4. The number of fused-ring (bicyclic) bond motifs is 1. The molecular weight excluding hydrogens is 412 g/mol. The largest absolute Gasteiger partial charge is 0.344 e. The molecule has 1 N–H and O–H groups in total. The van der Waals surface area contributed by atoms with E-state index in [0.717, 1.165) is 16.7 Å². The lowest BCUT2D eigenvalue weighted by Gasteiger charge is -2.14. The van der Waals surface area contributed by atoms with Gasteiger partial charge >= 0.3 is 0 Å². The molecule has 6 heteroatoms. The second-order valence-corrected chi connectivity index (χ2v) is 8.14. The average Bonchev–Trinajstić information content (AvgIpc) is 2.85. The zero-order valence-electron chi connectivity index (χ0n) is 18.3. The van der Waals surface area contributed by atoms with Crippen LogP contribution in [-0.2, 0) is 0 Å². The molecule has 5 aromatic rings. The van der Waals surface area contributed by atoms with E-state index in [-0.39, 0.29) is 22.5 Å². The van der Waals surface area contributed by atoms with Crippen LogP contribution in [0.4, 0.5) is 0 Å². The van der Waals surface area contributed by atoms with Crippen molar-refractivity contribution >= 4 is 11.2 Å². The molecule has 3 heterocycles. The maximum atomic E-state index is 13.4. The second-order valence-electron chi connectivity index (χ2n) is 8.14. The van der Waals surface area contributed by atoms with Crippen molar-refractivity contribution in [3.63, 3.8) is 0 Å². The van der Waals surface area contributed by atoms with Crippen LogP contribution in [0.2, 0.25) is 0 Å². The third-order valence-corrected chi connectivity index (χ3v) is 5.61. The summed E-state index contributed by atoms with van der Waals surface area (Å²) < 4.78 is 1.65. The molecule has 3 aromatic heterocycles. The first-order valence-electron chi connectivity index (χ1n) is 10.8. The van der Waals surface area contributed by atoms with Gasteiger partial charge in [-0.1, -0.05) is 60.7 Å². The zero-order chi connectivity index (χ0) is 22.9. The predicted molar refractivity (Wildman–Crippen MR) is 131 cm³/mol. The minimum absolute atomic E-state index is 0.0147. The molecule has 0 bridgehead atoms. The van der Waals surface area contributed by atoms with Crippen LogP contribution in [0.5, 0.6) is 0 Å². The van der Waals surface area contributed by atoms with Crippen molar-refractivity contribution in [1.29, 1.82) is 0 Å². The summed E-state index contributed by atoms with van der Waals surface area (Å²) in [6, 6.07) is 22.4. The summed E-state index contributed by atoms with van der Waals surface area (Å²) in [7, 11) is 0. The summed E-state index contributed by atoms with van der Waals surface area (Å²) in [6.45, 7) is 3.90. The molecule has 0 fully saturated rings. The van der Waals surface area contributed by atoms with E-state index in [2.05, 4.69) is 4.98 Å². The van der Waals surface area contributed by atoms with Crippen molar-refractivity contribution in [2.75, 3.05) is 0 Å². The van der Waals surface area contributed by atoms with E-state index in [1.165, 1.54) is 6.07 Å². The molecule has 0 radical (unpaired) electrons. The van der Waals surface area contributed by atoms with E-state index in [1.54, 1.807) is 23.0 Å². The molecule has 162 valence electrons. The van der Waals surface area contributed by atoms with E-state index in [0.29, 0.717) is 22.6 Å². The third-order valence-electron chi connectivity index (χ3n) is 5.61. The van der Waals surface area contributed by atoms with Gasteiger partial charge in [0.2, 0.25) is 5.43 Å². The van der Waals surface area contributed by atoms with Crippen LogP contribution in [0.1, 0.15) is 19.9 Å². The van der Waals surface area contributed by atoms with Crippen LogP contribution in [-0.4, -0.2) is 19.5 Å². The van der Waals surface area contributed by atoms with E-state index in [9.17, 15) is 9.59 Å². The molecule has 2 aromatic carbocycles. The lowest BCUT2D eigenvalue weighted by molar-refractivity contribution is 0.579. The summed E-state index contributed by atoms with van der Waals surface area (Å²) in [4.78, 5) is 38.5. The Morgan fingerprint density at radius 3 is 2.06 bits per heavy atom. The summed E-state index contributed by atoms with van der Waals surface area (Å²) in [5.41, 5.74) is 4.52. The highest BCUT2D eigenvalue weighted by molar-refractivity contribution is 5.86. The van der Waals surface area contributed by atoms with Gasteiger partial charge in [0.1, 0.15) is 0 Å². The van der Waals surface area contributed by atoms with E-state index in [1.807, 2.05) is 74.5 Å². The number of nitrogens with zero attached hydrogens (tertiary/aromatic N) is 3. The SMILES string of the molecule is CC(C)n1cc(-c2nc3c(=O)c(-c4ccccc4)c[nH]c3nc2-c2ccccc2)ccc1=O. The monoisotopic (exact) mass is 434 g/mol. The number of hydrogen-bond donors (Lipinski definition) is 1. The van der Waals surface area contributed by atoms with Crippen LogP contribution in [0.3, 0.4) is 0 Å². The van der Waals surface area contributed by atoms with Crippen molar-refractivity contribution in [3.8, 4) is 33.6 Å². The van der Waals surface area contributed by atoms with Crippen LogP contribution < -0.4 is 11.0 Å². The third kappa shape index (κ3) is 3.76. The van der Waals surface area contributed by atoms with Crippen LogP contribution >= 0.6 is 0 Å². The van der Waals surface area contributed by atoms with Gasteiger partial charge in [0.05, 0.1) is 11.4 Å². The molecule has 0 aliphatic heterocycles. The van der Waals surface area contributed by atoms with E-state index < -0.39 is 0 Å². The summed E-state index contributed by atoms with van der Waals surface area (Å²) in [5.74, 6) is 0. The standard InChI is InChI=1S/C27H22N4O2/c1-17(2)31-16-20(13-14-22(31)32)24-23(19-11-7-4-8-12-19)30-27-25(29-24)26(33)21(15-28-27)18-9-5-3-6-10-18/h3-17H,1-2H3,(H,28,30,33). The molecule has 6 nitrogen and oxygen atoms in total. The Hall–Kier alpha value is -4.32. The Labute approximate surface area is 190 Å². The normalized spacial score (nSPS) is 11.2. The number of aromatic amines is 1. The van der Waals surface area contributed by atoms with Crippen molar-refractivity contribution < 1.29 is 0 Å². The Morgan fingerprint density at radius 1 is 0.758 bits per heavy atom. The molecule has 0 atom stereocenters. The molecule has 0 saturated heterocycles. The number of hydrogen-bond acceptors (Lipinski definition) is 4. The van der Waals surface area contributed by atoms with Gasteiger partial charge in [-0.25, -0.2) is 9.97 Å². The van der Waals surface area contributed by atoms with Crippen LogP contribution in [0, 0.1) is 0 Å². The molecule has 0 aliphatic carbocycles. The predicted octanol–water partition coefficient (Wildman–Crippen LogP) is 5.06. The van der Waals surface area contributed by atoms with Gasteiger partial charge in [-0.2, -0.15) is 0 Å². The number of nitrogens with one attached hydrogen (secondary N) is 1. The first-order chi connectivity index (χ1) is 16.0. The van der Waals surface area contributed by atoms with Gasteiger partial charge in [-0.15, -0.1) is 0 Å². The molecule has 0 aliphatic rings. The fourth-order valence-corrected chi connectivity index (χ4v) is 3.91. The molecular formula is C27H22N4O2. The van der Waals surface area contributed by atoms with E-state index >= 15 is 0 Å². The first kappa shape index (κ1) is 20.6. The lowest BCUT2D eigenvalue weighted by atomic mass is 10.0. The summed E-state index contributed by atoms with van der Waals surface area (Å²) in [6.07, 6.45) is 3.46. The Balaban J connectivity index is 1.82. The van der Waals surface area contributed by atoms with Crippen molar-refractivity contribution in [1.82, 2.24) is 19.5 Å². The lowest BCUT2D eigenvalue weighted by Crippen LogP contribution is -2.20. The Kier molecular flexibility index (Phi) is 5.18. The van der Waals surface area contributed by atoms with Crippen molar-refractivity contribution in [2.45, 2.75) is 19.9 Å². The minimum atomic E-state index is -0.194. The van der Waals surface area contributed by atoms with Crippen molar-refractivity contribution in [3.05, 3.63) is 106 Å². The highest BCUT2D eigenvalue weighted by atomic mass is 16.1.